The number of rotatable bonds is 6. The lowest BCUT2D eigenvalue weighted by Gasteiger charge is -2.35. The third-order valence-electron chi connectivity index (χ3n) is 12.4. The van der Waals surface area contributed by atoms with Crippen molar-refractivity contribution in [2.75, 3.05) is 0 Å². The molecule has 0 radical (unpaired) electrons. The minimum Gasteiger partial charge on any atom is -0.551 e. The summed E-state index contributed by atoms with van der Waals surface area (Å²) in [4.78, 5) is 0. The molecule has 0 bridgehead atoms. The molecule has 0 saturated carbocycles. The predicted octanol–water partition coefficient (Wildman–Crippen LogP) is 9.10. The summed E-state index contributed by atoms with van der Waals surface area (Å²) >= 11 is 0. The van der Waals surface area contributed by atoms with E-state index in [1.54, 1.807) is 0 Å². The van der Waals surface area contributed by atoms with Crippen LogP contribution in [0.25, 0.3) is 49.7 Å². The molecule has 1 aromatic heterocycles. The van der Waals surface area contributed by atoms with Crippen LogP contribution < -0.4 is 41.1 Å². The smallest absolute Gasteiger partial charge is 0.434 e. The van der Waals surface area contributed by atoms with E-state index >= 15 is 0 Å². The first-order valence-electron chi connectivity index (χ1n) is 20.3. The highest BCUT2D eigenvalue weighted by Crippen LogP contribution is 2.42. The predicted molar refractivity (Wildman–Crippen MR) is 247 cm³/mol. The maximum Gasteiger partial charge on any atom is 0.434 e. The van der Waals surface area contributed by atoms with Gasteiger partial charge in [-0.2, -0.15) is 0 Å². The normalized spacial score (nSPS) is 12.6. The fourth-order valence-electron chi connectivity index (χ4n) is 9.85. The van der Waals surface area contributed by atoms with E-state index in [1.807, 2.05) is 0 Å². The average Bonchev–Trinajstić information content (AvgIpc) is 3.65. The number of fused-ring (bicyclic) bond motifs is 7. The van der Waals surface area contributed by atoms with Gasteiger partial charge in [-0.05, 0) is 73.8 Å². The van der Waals surface area contributed by atoms with Crippen LogP contribution >= 0.6 is 0 Å². The fourth-order valence-corrected chi connectivity index (χ4v) is 14.6. The Morgan fingerprint density at radius 3 is 1.63 bits per heavy atom. The van der Waals surface area contributed by atoms with Crippen molar-refractivity contribution in [1.29, 1.82) is 0 Å². The van der Waals surface area contributed by atoms with Gasteiger partial charge in [0.1, 0.15) is 17.2 Å². The second-order valence-corrected chi connectivity index (χ2v) is 19.4. The van der Waals surface area contributed by atoms with Crippen LogP contribution in [0, 0.1) is 0 Å². The zero-order chi connectivity index (χ0) is 38.9. The second-order valence-electron chi connectivity index (χ2n) is 15.5. The summed E-state index contributed by atoms with van der Waals surface area (Å²) < 4.78 is 16.3. The molecule has 0 amide bonds. The second kappa shape index (κ2) is 13.4. The van der Waals surface area contributed by atoms with Crippen LogP contribution in [0.3, 0.4) is 0 Å². The Morgan fingerprint density at radius 1 is 0.390 bits per heavy atom. The van der Waals surface area contributed by atoms with Gasteiger partial charge in [-0.1, -0.05) is 176 Å². The van der Waals surface area contributed by atoms with Crippen LogP contribution in [0.15, 0.2) is 218 Å². The number of ether oxygens (including phenoxy) is 1. The maximum atomic E-state index is 7.10. The molecular formula is C54H36BNO2Si. The highest BCUT2D eigenvalue weighted by molar-refractivity contribution is 7.19. The van der Waals surface area contributed by atoms with Gasteiger partial charge in [0.2, 0.25) is 0 Å². The van der Waals surface area contributed by atoms with Crippen LogP contribution in [-0.2, 0) is 0 Å². The first kappa shape index (κ1) is 33.8. The molecule has 0 N–H and O–H groups in total. The summed E-state index contributed by atoms with van der Waals surface area (Å²) in [5.41, 5.74) is 10.0. The molecule has 2 aliphatic rings. The molecule has 0 unspecified atom stereocenters. The Balaban J connectivity index is 0.970. The topological polar surface area (TPSA) is 23.4 Å². The molecule has 0 spiro atoms. The summed E-state index contributed by atoms with van der Waals surface area (Å²) in [6.07, 6.45) is 0. The van der Waals surface area contributed by atoms with E-state index in [4.69, 9.17) is 9.39 Å². The molecule has 12 rings (SSSR count). The molecule has 3 heterocycles. The first-order valence-corrected chi connectivity index (χ1v) is 22.3. The molecule has 0 atom stereocenters. The minimum atomic E-state index is -2.70. The van der Waals surface area contributed by atoms with Crippen LogP contribution in [-0.4, -0.2) is 19.6 Å². The highest BCUT2D eigenvalue weighted by Gasteiger charge is 2.43. The van der Waals surface area contributed by atoms with Gasteiger partial charge in [0.25, 0.3) is 0 Å². The quantitative estimate of drug-likeness (QED) is 0.125. The molecule has 5 heteroatoms. The molecule has 2 aliphatic heterocycles. The number of aromatic nitrogens is 1. The van der Waals surface area contributed by atoms with Gasteiger partial charge >= 0.3 is 6.92 Å². The van der Waals surface area contributed by atoms with E-state index in [2.05, 4.69) is 223 Å². The zero-order valence-corrected chi connectivity index (χ0v) is 33.1. The van der Waals surface area contributed by atoms with Crippen LogP contribution in [0.4, 0.5) is 0 Å². The molecule has 0 fully saturated rings. The SMILES string of the molecule is c1ccc([Si](c2ccccc2)(c2ccccc2)c2cccc(-c3ccc4c(c3)Oc3cccc5c3B4Oc3cc(-n4c6ccccc6c6ccccc64)ccc3-5)c2)cc1. The Hall–Kier alpha value is -7.34. The van der Waals surface area contributed by atoms with Crippen molar-refractivity contribution in [2.45, 2.75) is 0 Å². The number of benzene rings is 9. The Morgan fingerprint density at radius 2 is 0.966 bits per heavy atom. The van der Waals surface area contributed by atoms with E-state index < -0.39 is 8.07 Å². The number of para-hydroxylation sites is 2. The first-order chi connectivity index (χ1) is 29.3. The highest BCUT2D eigenvalue weighted by atomic mass is 28.3. The van der Waals surface area contributed by atoms with E-state index in [9.17, 15) is 0 Å². The summed E-state index contributed by atoms with van der Waals surface area (Å²) in [7, 11) is -2.70. The summed E-state index contributed by atoms with van der Waals surface area (Å²) in [5, 5.41) is 7.87. The van der Waals surface area contributed by atoms with Gasteiger partial charge in [0, 0.05) is 39.0 Å². The lowest BCUT2D eigenvalue weighted by atomic mass is 9.51. The maximum absolute atomic E-state index is 7.10. The molecular weight excluding hydrogens is 733 g/mol. The minimum absolute atomic E-state index is 0.305. The summed E-state index contributed by atoms with van der Waals surface area (Å²) in [5.74, 6) is 2.53. The standard InChI is InChI=1S/C54H36BNO2Si/c1-4-17-40(18-5-1)59(41-19-6-2-7-20-41,42-21-8-3-9-22-42)43-23-14-16-37(34-43)38-30-33-48-53(35-38)57-51-29-15-26-47-46-32-31-39(36-52(46)58-55(48)54(47)51)56-49-27-12-10-24-44(49)45-25-11-13-28-50(45)56/h1-36H. The largest absolute Gasteiger partial charge is 0.551 e. The van der Waals surface area contributed by atoms with Crippen molar-refractivity contribution in [2.24, 2.45) is 0 Å². The lowest BCUT2D eigenvalue weighted by Crippen LogP contribution is -2.74. The van der Waals surface area contributed by atoms with Crippen molar-refractivity contribution < 1.29 is 9.39 Å². The summed E-state index contributed by atoms with van der Waals surface area (Å²) in [6, 6.07) is 79.4. The van der Waals surface area contributed by atoms with Gasteiger partial charge in [0.15, 0.2) is 8.07 Å². The number of hydrogen-bond donors (Lipinski definition) is 0. The monoisotopic (exact) mass is 769 g/mol. The van der Waals surface area contributed by atoms with Crippen molar-refractivity contribution in [1.82, 2.24) is 4.57 Å². The van der Waals surface area contributed by atoms with E-state index in [-0.39, 0.29) is 6.92 Å². The molecule has 0 aliphatic carbocycles. The molecule has 0 saturated heterocycles. The van der Waals surface area contributed by atoms with E-state index in [0.717, 1.165) is 56.1 Å². The van der Waals surface area contributed by atoms with Gasteiger partial charge in [0.05, 0.1) is 11.0 Å². The van der Waals surface area contributed by atoms with Crippen molar-refractivity contribution >= 4 is 68.5 Å². The lowest BCUT2D eigenvalue weighted by molar-refractivity contribution is 0.479. The van der Waals surface area contributed by atoms with E-state index in [1.165, 1.54) is 42.6 Å². The number of nitrogens with zero attached hydrogens (tertiary/aromatic N) is 1. The van der Waals surface area contributed by atoms with Gasteiger partial charge in [-0.3, -0.25) is 0 Å². The third kappa shape index (κ3) is 5.15. The third-order valence-corrected chi connectivity index (χ3v) is 17.2. The van der Waals surface area contributed by atoms with Gasteiger partial charge in [-0.25, -0.2) is 0 Å². The molecule has 9 aromatic carbocycles. The molecule has 3 nitrogen and oxygen atoms in total. The molecule has 59 heavy (non-hydrogen) atoms. The van der Waals surface area contributed by atoms with Crippen molar-refractivity contribution in [3.8, 4) is 45.2 Å². The molecule has 10 aromatic rings. The Kier molecular flexibility index (Phi) is 7.65. The average molecular weight is 770 g/mol. The van der Waals surface area contributed by atoms with Crippen LogP contribution in [0.5, 0.6) is 17.2 Å². The van der Waals surface area contributed by atoms with Gasteiger partial charge < -0.3 is 14.0 Å². The van der Waals surface area contributed by atoms with Crippen molar-refractivity contribution in [3.05, 3.63) is 218 Å². The van der Waals surface area contributed by atoms with E-state index in [0.29, 0.717) is 0 Å². The zero-order valence-electron chi connectivity index (χ0n) is 32.1. The van der Waals surface area contributed by atoms with Crippen LogP contribution in [0.2, 0.25) is 0 Å². The fraction of sp³-hybridized carbons (Fsp3) is 0. The Bertz CT molecular complexity index is 3090. The Labute approximate surface area is 344 Å². The number of hydrogen-bond acceptors (Lipinski definition) is 2. The molecule has 276 valence electrons. The van der Waals surface area contributed by atoms with Gasteiger partial charge in [-0.15, -0.1) is 0 Å². The summed E-state index contributed by atoms with van der Waals surface area (Å²) in [6.45, 7) is -0.305. The van der Waals surface area contributed by atoms with Crippen LogP contribution in [0.1, 0.15) is 0 Å². The van der Waals surface area contributed by atoms with Crippen molar-refractivity contribution in [3.63, 3.8) is 0 Å².